The maximum absolute atomic E-state index is 11.6. The molecular formula is C12H18N2O3. The number of aliphatic hydroxyl groups excluding tert-OH is 1. The molecule has 5 heteroatoms. The second kappa shape index (κ2) is 5.54. The smallest absolute Gasteiger partial charge is 0.340 e. The minimum Gasteiger partial charge on any atom is -0.465 e. The van der Waals surface area contributed by atoms with Crippen LogP contribution in [0.25, 0.3) is 0 Å². The van der Waals surface area contributed by atoms with Gasteiger partial charge in [0.15, 0.2) is 0 Å². The van der Waals surface area contributed by atoms with Gasteiger partial charge in [0.05, 0.1) is 25.0 Å². The van der Waals surface area contributed by atoms with Crippen LogP contribution >= 0.6 is 0 Å². The fourth-order valence-electron chi connectivity index (χ4n) is 1.49. The van der Waals surface area contributed by atoms with Gasteiger partial charge in [0.25, 0.3) is 0 Å². The van der Waals surface area contributed by atoms with Gasteiger partial charge >= 0.3 is 5.97 Å². The van der Waals surface area contributed by atoms with Crippen LogP contribution in [-0.2, 0) is 4.74 Å². The van der Waals surface area contributed by atoms with E-state index < -0.39 is 5.97 Å². The van der Waals surface area contributed by atoms with Gasteiger partial charge in [-0.05, 0) is 25.1 Å². The lowest BCUT2D eigenvalue weighted by Crippen LogP contribution is -2.33. The molecule has 1 rings (SSSR count). The number of ether oxygens (including phenoxy) is 1. The van der Waals surface area contributed by atoms with E-state index in [1.165, 1.54) is 7.11 Å². The lowest BCUT2D eigenvalue weighted by molar-refractivity contribution is 0.0601. The molecule has 17 heavy (non-hydrogen) atoms. The lowest BCUT2D eigenvalue weighted by atomic mass is 10.1. The van der Waals surface area contributed by atoms with Crippen LogP contribution in [0.3, 0.4) is 0 Å². The lowest BCUT2D eigenvalue weighted by Gasteiger charge is -2.27. The topological polar surface area (TPSA) is 75.8 Å². The highest BCUT2D eigenvalue weighted by Crippen LogP contribution is 2.24. The van der Waals surface area contributed by atoms with Gasteiger partial charge in [0.1, 0.15) is 0 Å². The van der Waals surface area contributed by atoms with Crippen molar-refractivity contribution in [2.45, 2.75) is 13.0 Å². The minimum atomic E-state index is -0.440. The maximum atomic E-state index is 11.6. The Morgan fingerprint density at radius 2 is 2.24 bits per heavy atom. The normalized spacial score (nSPS) is 12.0. The first kappa shape index (κ1) is 13.3. The first-order valence-electron chi connectivity index (χ1n) is 5.32. The molecule has 3 N–H and O–H groups in total. The van der Waals surface area contributed by atoms with Gasteiger partial charge in [0.2, 0.25) is 0 Å². The Morgan fingerprint density at radius 1 is 1.59 bits per heavy atom. The molecule has 0 amide bonds. The number of methoxy groups -OCH3 is 1. The van der Waals surface area contributed by atoms with Crippen molar-refractivity contribution in [1.82, 2.24) is 0 Å². The summed E-state index contributed by atoms with van der Waals surface area (Å²) in [5.74, 6) is -0.440. The molecule has 0 aromatic heterocycles. The quantitative estimate of drug-likeness (QED) is 0.601. The van der Waals surface area contributed by atoms with E-state index in [0.717, 1.165) is 0 Å². The van der Waals surface area contributed by atoms with Crippen molar-refractivity contribution in [3.8, 4) is 0 Å². The van der Waals surface area contributed by atoms with Crippen LogP contribution in [0, 0.1) is 0 Å². The summed E-state index contributed by atoms with van der Waals surface area (Å²) in [6, 6.07) is 4.93. The van der Waals surface area contributed by atoms with E-state index >= 15 is 0 Å². The van der Waals surface area contributed by atoms with Crippen LogP contribution in [0.5, 0.6) is 0 Å². The summed E-state index contributed by atoms with van der Waals surface area (Å²) in [6.45, 7) is 1.86. The Morgan fingerprint density at radius 3 is 2.76 bits per heavy atom. The van der Waals surface area contributed by atoms with Gasteiger partial charge in [-0.2, -0.15) is 0 Å². The summed E-state index contributed by atoms with van der Waals surface area (Å²) in [5.41, 5.74) is 7.24. The number of nitrogens with zero attached hydrogens (tertiary/aromatic N) is 1. The standard InChI is InChI=1S/C12H18N2O3/c1-8(7-15)14(2)11-5-4-9(13)6-10(11)12(16)17-3/h4-6,8,15H,7,13H2,1-3H3. The van der Waals surface area contributed by atoms with Crippen molar-refractivity contribution in [3.63, 3.8) is 0 Å². The number of rotatable bonds is 4. The Balaban J connectivity index is 3.18. The third-order valence-electron chi connectivity index (χ3n) is 2.73. The number of hydrogen-bond acceptors (Lipinski definition) is 5. The molecule has 1 unspecified atom stereocenters. The number of aliphatic hydroxyl groups is 1. The Bertz CT molecular complexity index is 407. The fourth-order valence-corrected chi connectivity index (χ4v) is 1.49. The predicted octanol–water partition coefficient (Wildman–Crippen LogP) is 0.872. The molecule has 1 aromatic rings. The van der Waals surface area contributed by atoms with Gasteiger partial charge in [-0.3, -0.25) is 0 Å². The number of nitrogens with two attached hydrogens (primary N) is 1. The van der Waals surface area contributed by atoms with E-state index in [4.69, 9.17) is 15.6 Å². The van der Waals surface area contributed by atoms with E-state index in [0.29, 0.717) is 16.9 Å². The van der Waals surface area contributed by atoms with Crippen LogP contribution in [0.4, 0.5) is 11.4 Å². The molecule has 0 saturated heterocycles. The molecule has 1 aromatic carbocycles. The number of hydrogen-bond donors (Lipinski definition) is 2. The second-order valence-electron chi connectivity index (χ2n) is 3.91. The molecule has 0 saturated carbocycles. The summed E-state index contributed by atoms with van der Waals surface area (Å²) in [7, 11) is 3.13. The van der Waals surface area contributed by atoms with Crippen molar-refractivity contribution < 1.29 is 14.6 Å². The highest BCUT2D eigenvalue weighted by atomic mass is 16.5. The molecule has 0 heterocycles. The van der Waals surface area contributed by atoms with Crippen molar-refractivity contribution >= 4 is 17.3 Å². The number of nitrogen functional groups attached to an aromatic ring is 1. The van der Waals surface area contributed by atoms with Gasteiger partial charge < -0.3 is 20.5 Å². The summed E-state index contributed by atoms with van der Waals surface area (Å²) in [5, 5.41) is 9.13. The Labute approximate surface area is 101 Å². The second-order valence-corrected chi connectivity index (χ2v) is 3.91. The molecule has 0 aliphatic carbocycles. The van der Waals surface area contributed by atoms with Crippen LogP contribution in [0.1, 0.15) is 17.3 Å². The summed E-state index contributed by atoms with van der Waals surface area (Å²) < 4.78 is 4.71. The van der Waals surface area contributed by atoms with Gasteiger partial charge in [-0.25, -0.2) is 4.79 Å². The van der Waals surface area contributed by atoms with Gasteiger partial charge in [0, 0.05) is 18.8 Å². The Hall–Kier alpha value is -1.75. The maximum Gasteiger partial charge on any atom is 0.340 e. The zero-order chi connectivity index (χ0) is 13.0. The van der Waals surface area contributed by atoms with Crippen molar-refractivity contribution in [1.29, 1.82) is 0 Å². The number of anilines is 2. The summed E-state index contributed by atoms with van der Waals surface area (Å²) in [6.07, 6.45) is 0. The largest absolute Gasteiger partial charge is 0.465 e. The molecule has 5 nitrogen and oxygen atoms in total. The van der Waals surface area contributed by atoms with E-state index in [2.05, 4.69) is 0 Å². The Kier molecular flexibility index (Phi) is 4.34. The molecular weight excluding hydrogens is 220 g/mol. The highest BCUT2D eigenvalue weighted by molar-refractivity contribution is 5.96. The van der Waals surface area contributed by atoms with Crippen LogP contribution < -0.4 is 10.6 Å². The number of carbonyl (C=O) groups excluding carboxylic acids is 1. The average molecular weight is 238 g/mol. The number of carbonyl (C=O) groups is 1. The van der Waals surface area contributed by atoms with Crippen molar-refractivity contribution in [2.24, 2.45) is 0 Å². The molecule has 0 aliphatic heterocycles. The summed E-state index contributed by atoms with van der Waals surface area (Å²) >= 11 is 0. The number of esters is 1. The first-order valence-corrected chi connectivity index (χ1v) is 5.32. The third-order valence-corrected chi connectivity index (χ3v) is 2.73. The first-order chi connectivity index (χ1) is 8.01. The van der Waals surface area contributed by atoms with E-state index in [-0.39, 0.29) is 12.6 Å². The molecule has 0 radical (unpaired) electrons. The molecule has 0 aliphatic rings. The molecule has 1 atom stereocenters. The van der Waals surface area contributed by atoms with E-state index in [9.17, 15) is 4.79 Å². The SMILES string of the molecule is COC(=O)c1cc(N)ccc1N(C)C(C)CO. The number of likely N-dealkylation sites (N-methyl/N-ethyl adjacent to an activating group) is 1. The van der Waals surface area contributed by atoms with E-state index in [1.54, 1.807) is 25.2 Å². The van der Waals surface area contributed by atoms with Gasteiger partial charge in [-0.15, -0.1) is 0 Å². The van der Waals surface area contributed by atoms with Gasteiger partial charge in [-0.1, -0.05) is 0 Å². The zero-order valence-electron chi connectivity index (χ0n) is 10.3. The highest BCUT2D eigenvalue weighted by Gasteiger charge is 2.18. The van der Waals surface area contributed by atoms with Crippen LogP contribution in [0.2, 0.25) is 0 Å². The monoisotopic (exact) mass is 238 g/mol. The molecule has 0 spiro atoms. The molecule has 94 valence electrons. The average Bonchev–Trinajstić information content (AvgIpc) is 2.35. The number of benzene rings is 1. The minimum absolute atomic E-state index is 0.00148. The van der Waals surface area contributed by atoms with Crippen LogP contribution in [-0.4, -0.2) is 37.9 Å². The molecule has 0 bridgehead atoms. The van der Waals surface area contributed by atoms with E-state index in [1.807, 2.05) is 11.8 Å². The van der Waals surface area contributed by atoms with Crippen molar-refractivity contribution in [3.05, 3.63) is 23.8 Å². The predicted molar refractivity (Wildman–Crippen MR) is 67.1 cm³/mol. The zero-order valence-corrected chi connectivity index (χ0v) is 10.3. The molecule has 0 fully saturated rings. The summed E-state index contributed by atoms with van der Waals surface area (Å²) in [4.78, 5) is 13.4. The van der Waals surface area contributed by atoms with Crippen LogP contribution in [0.15, 0.2) is 18.2 Å². The van der Waals surface area contributed by atoms with Crippen molar-refractivity contribution in [2.75, 3.05) is 31.4 Å². The fraction of sp³-hybridized carbons (Fsp3) is 0.417. The third kappa shape index (κ3) is 2.88.